The number of aryl methyl sites for hydroxylation is 1. The quantitative estimate of drug-likeness (QED) is 0.712. The molecule has 0 fully saturated rings. The molecule has 3 rings (SSSR count). The molecule has 1 N–H and O–H groups in total. The van der Waals surface area contributed by atoms with Gasteiger partial charge in [0, 0.05) is 23.5 Å². The van der Waals surface area contributed by atoms with E-state index in [-0.39, 0.29) is 10.7 Å². The zero-order valence-electron chi connectivity index (χ0n) is 13.4. The van der Waals surface area contributed by atoms with Gasteiger partial charge < -0.3 is 0 Å². The summed E-state index contributed by atoms with van der Waals surface area (Å²) in [6.45, 7) is 1.88. The fourth-order valence-electron chi connectivity index (χ4n) is 2.25. The lowest BCUT2D eigenvalue weighted by Crippen LogP contribution is -2.15. The van der Waals surface area contributed by atoms with Crippen molar-refractivity contribution < 1.29 is 13.2 Å². The Labute approximate surface area is 145 Å². The molecule has 2 aromatic carbocycles. The Morgan fingerprint density at radius 1 is 0.920 bits per heavy atom. The molecule has 25 heavy (non-hydrogen) atoms. The normalized spacial score (nSPS) is 11.1. The first-order valence-corrected chi connectivity index (χ1v) is 8.94. The summed E-state index contributed by atoms with van der Waals surface area (Å²) in [5.74, 6) is 0.127. The molecule has 7 heteroatoms. The van der Waals surface area contributed by atoms with Crippen molar-refractivity contribution in [1.29, 1.82) is 0 Å². The second-order valence-corrected chi connectivity index (χ2v) is 7.09. The van der Waals surface area contributed by atoms with Crippen LogP contribution >= 0.6 is 0 Å². The highest BCUT2D eigenvalue weighted by atomic mass is 32.2. The summed E-state index contributed by atoms with van der Waals surface area (Å²) in [5.41, 5.74) is 2.53. The SMILES string of the molecule is Cc1ccc(S(=O)(=O)Nc2nccnc2-c2ccc(C=O)cc2)cc1. The third-order valence-corrected chi connectivity index (χ3v) is 4.94. The number of rotatable bonds is 5. The third-order valence-electron chi connectivity index (χ3n) is 3.58. The zero-order valence-corrected chi connectivity index (χ0v) is 14.2. The Morgan fingerprint density at radius 2 is 1.56 bits per heavy atom. The minimum atomic E-state index is -3.78. The lowest BCUT2D eigenvalue weighted by Gasteiger charge is -2.11. The van der Waals surface area contributed by atoms with Gasteiger partial charge in [-0.2, -0.15) is 0 Å². The van der Waals surface area contributed by atoms with Gasteiger partial charge in [-0.3, -0.25) is 14.5 Å². The summed E-state index contributed by atoms with van der Waals surface area (Å²) >= 11 is 0. The molecule has 0 saturated carbocycles. The second-order valence-electron chi connectivity index (χ2n) is 5.41. The van der Waals surface area contributed by atoms with Crippen LogP contribution in [0.25, 0.3) is 11.3 Å². The van der Waals surface area contributed by atoms with E-state index >= 15 is 0 Å². The number of anilines is 1. The lowest BCUT2D eigenvalue weighted by molar-refractivity contribution is 0.112. The summed E-state index contributed by atoms with van der Waals surface area (Å²) in [5, 5.41) is 0. The standard InChI is InChI=1S/C18H15N3O3S/c1-13-2-8-16(9-3-13)25(23,24)21-18-17(19-10-11-20-18)15-6-4-14(12-22)5-7-15/h2-12H,1H3,(H,20,21). The number of aromatic nitrogens is 2. The molecular formula is C18H15N3O3S. The van der Waals surface area contributed by atoms with E-state index in [1.807, 2.05) is 6.92 Å². The molecule has 1 aromatic heterocycles. The molecule has 0 amide bonds. The van der Waals surface area contributed by atoms with Crippen molar-refractivity contribution in [3.63, 3.8) is 0 Å². The first kappa shape index (κ1) is 16.8. The number of nitrogens with one attached hydrogen (secondary N) is 1. The minimum Gasteiger partial charge on any atom is -0.298 e. The van der Waals surface area contributed by atoms with Crippen molar-refractivity contribution in [2.24, 2.45) is 0 Å². The van der Waals surface area contributed by atoms with Crippen LogP contribution in [0.15, 0.2) is 65.8 Å². The van der Waals surface area contributed by atoms with Crippen molar-refractivity contribution >= 4 is 22.1 Å². The number of nitrogens with zero attached hydrogens (tertiary/aromatic N) is 2. The number of aldehydes is 1. The van der Waals surface area contributed by atoms with Crippen LogP contribution in [0.1, 0.15) is 15.9 Å². The molecule has 0 aliphatic rings. The van der Waals surface area contributed by atoms with Crippen LogP contribution in [0.3, 0.4) is 0 Å². The Morgan fingerprint density at radius 3 is 2.20 bits per heavy atom. The molecule has 0 spiro atoms. The number of hydrogen-bond acceptors (Lipinski definition) is 5. The summed E-state index contributed by atoms with van der Waals surface area (Å²) in [6, 6.07) is 13.2. The molecule has 6 nitrogen and oxygen atoms in total. The van der Waals surface area contributed by atoms with E-state index in [9.17, 15) is 13.2 Å². The van der Waals surface area contributed by atoms with Crippen molar-refractivity contribution in [3.05, 3.63) is 72.1 Å². The molecule has 0 unspecified atom stereocenters. The fourth-order valence-corrected chi connectivity index (χ4v) is 3.26. The molecule has 0 atom stereocenters. The maximum Gasteiger partial charge on any atom is 0.263 e. The predicted octanol–water partition coefficient (Wildman–Crippen LogP) is 3.07. The van der Waals surface area contributed by atoms with Crippen LogP contribution in [0.2, 0.25) is 0 Å². The van der Waals surface area contributed by atoms with Crippen LogP contribution in [0.5, 0.6) is 0 Å². The smallest absolute Gasteiger partial charge is 0.263 e. The maximum atomic E-state index is 12.6. The highest BCUT2D eigenvalue weighted by Crippen LogP contribution is 2.25. The number of carbonyl (C=O) groups excluding carboxylic acids is 1. The average molecular weight is 353 g/mol. The van der Waals surface area contributed by atoms with Gasteiger partial charge in [0.2, 0.25) is 0 Å². The minimum absolute atomic E-state index is 0.127. The topological polar surface area (TPSA) is 89.0 Å². The largest absolute Gasteiger partial charge is 0.298 e. The molecule has 0 bridgehead atoms. The fraction of sp³-hybridized carbons (Fsp3) is 0.0556. The van der Waals surface area contributed by atoms with Crippen LogP contribution in [-0.2, 0) is 10.0 Å². The van der Waals surface area contributed by atoms with Gasteiger partial charge in [0.25, 0.3) is 10.0 Å². The van der Waals surface area contributed by atoms with Crippen LogP contribution < -0.4 is 4.72 Å². The van der Waals surface area contributed by atoms with Crippen molar-refractivity contribution in [3.8, 4) is 11.3 Å². The van der Waals surface area contributed by atoms with E-state index in [0.29, 0.717) is 16.8 Å². The predicted molar refractivity (Wildman–Crippen MR) is 94.8 cm³/mol. The molecular weight excluding hydrogens is 338 g/mol. The Kier molecular flexibility index (Phi) is 4.58. The van der Waals surface area contributed by atoms with Gasteiger partial charge >= 0.3 is 0 Å². The highest BCUT2D eigenvalue weighted by molar-refractivity contribution is 7.92. The van der Waals surface area contributed by atoms with Crippen molar-refractivity contribution in [2.45, 2.75) is 11.8 Å². The molecule has 0 aliphatic carbocycles. The van der Waals surface area contributed by atoms with Crippen LogP contribution in [0.4, 0.5) is 5.82 Å². The Bertz CT molecular complexity index is 998. The van der Waals surface area contributed by atoms with E-state index in [1.54, 1.807) is 36.4 Å². The lowest BCUT2D eigenvalue weighted by atomic mass is 10.1. The van der Waals surface area contributed by atoms with E-state index in [1.165, 1.54) is 24.5 Å². The van der Waals surface area contributed by atoms with E-state index in [4.69, 9.17) is 0 Å². The third kappa shape index (κ3) is 3.72. The van der Waals surface area contributed by atoms with Crippen LogP contribution in [-0.4, -0.2) is 24.7 Å². The molecule has 0 saturated heterocycles. The van der Waals surface area contributed by atoms with Crippen LogP contribution in [0, 0.1) is 6.92 Å². The van der Waals surface area contributed by atoms with Gasteiger partial charge in [-0.15, -0.1) is 0 Å². The van der Waals surface area contributed by atoms with E-state index in [2.05, 4.69) is 14.7 Å². The van der Waals surface area contributed by atoms with Gasteiger partial charge in [0.15, 0.2) is 5.82 Å². The summed E-state index contributed by atoms with van der Waals surface area (Å²) < 4.78 is 27.6. The first-order chi connectivity index (χ1) is 12.0. The summed E-state index contributed by atoms with van der Waals surface area (Å²) in [6.07, 6.45) is 3.63. The Balaban J connectivity index is 1.98. The van der Waals surface area contributed by atoms with Gasteiger partial charge in [-0.1, -0.05) is 42.0 Å². The molecule has 126 valence electrons. The highest BCUT2D eigenvalue weighted by Gasteiger charge is 2.18. The van der Waals surface area contributed by atoms with Crippen molar-refractivity contribution in [2.75, 3.05) is 4.72 Å². The van der Waals surface area contributed by atoms with Gasteiger partial charge in [-0.25, -0.2) is 13.4 Å². The first-order valence-electron chi connectivity index (χ1n) is 7.46. The number of carbonyl (C=O) groups is 1. The van der Waals surface area contributed by atoms with E-state index < -0.39 is 10.0 Å². The zero-order chi connectivity index (χ0) is 17.9. The van der Waals surface area contributed by atoms with E-state index in [0.717, 1.165) is 11.8 Å². The summed E-state index contributed by atoms with van der Waals surface area (Å²) in [7, 11) is -3.78. The summed E-state index contributed by atoms with van der Waals surface area (Å²) in [4.78, 5) is 19.2. The molecule has 0 aliphatic heterocycles. The Hall–Kier alpha value is -3.06. The monoisotopic (exact) mass is 353 g/mol. The number of benzene rings is 2. The van der Waals surface area contributed by atoms with Gasteiger partial charge in [0.1, 0.15) is 12.0 Å². The van der Waals surface area contributed by atoms with Gasteiger partial charge in [-0.05, 0) is 19.1 Å². The van der Waals surface area contributed by atoms with Gasteiger partial charge in [0.05, 0.1) is 4.90 Å². The average Bonchev–Trinajstić information content (AvgIpc) is 2.62. The number of hydrogen-bond donors (Lipinski definition) is 1. The molecule has 0 radical (unpaired) electrons. The second kappa shape index (κ2) is 6.82. The molecule has 1 heterocycles. The van der Waals surface area contributed by atoms with Crippen molar-refractivity contribution in [1.82, 2.24) is 9.97 Å². The number of sulfonamides is 1. The maximum absolute atomic E-state index is 12.6. The molecule has 3 aromatic rings.